The summed E-state index contributed by atoms with van der Waals surface area (Å²) in [5.74, 6) is -0.0392. The summed E-state index contributed by atoms with van der Waals surface area (Å²) in [6.07, 6.45) is 1.33. The number of carbonyl (C=O) groups is 2. The molecule has 27 heavy (non-hydrogen) atoms. The molecule has 0 aliphatic heterocycles. The minimum absolute atomic E-state index is 0.263. The maximum absolute atomic E-state index is 12.1. The molecule has 0 saturated carbocycles. The van der Waals surface area contributed by atoms with E-state index >= 15 is 0 Å². The number of hydrogen-bond donors (Lipinski definition) is 2. The second-order valence-corrected chi connectivity index (χ2v) is 6.00. The third-order valence-electron chi connectivity index (χ3n) is 3.44. The van der Waals surface area contributed by atoms with Crippen LogP contribution in [-0.4, -0.2) is 38.8 Å². The monoisotopic (exact) mass is 409 g/mol. The maximum atomic E-state index is 12.1. The van der Waals surface area contributed by atoms with Gasteiger partial charge in [0.2, 0.25) is 0 Å². The van der Waals surface area contributed by atoms with Gasteiger partial charge in [0.15, 0.2) is 11.5 Å². The second-order valence-electron chi connectivity index (χ2n) is 5.18. The lowest BCUT2D eigenvalue weighted by Gasteiger charge is -2.09. The zero-order valence-electron chi connectivity index (χ0n) is 14.6. The molecule has 2 amide bonds. The van der Waals surface area contributed by atoms with E-state index < -0.39 is 11.8 Å². The number of rotatable bonds is 7. The lowest BCUT2D eigenvalue weighted by Crippen LogP contribution is -2.34. The van der Waals surface area contributed by atoms with Crippen molar-refractivity contribution in [1.29, 1.82) is 0 Å². The number of hydrazone groups is 1. The molecule has 0 radical (unpaired) electrons. The molecule has 0 aromatic heterocycles. The molecule has 0 spiro atoms. The van der Waals surface area contributed by atoms with Crippen molar-refractivity contribution in [3.8, 4) is 11.5 Å². The summed E-state index contributed by atoms with van der Waals surface area (Å²) in [7, 11) is 2.97. The summed E-state index contributed by atoms with van der Waals surface area (Å²) in [6, 6.07) is 9.69. The lowest BCUT2D eigenvalue weighted by molar-refractivity contribution is -0.120. The summed E-state index contributed by atoms with van der Waals surface area (Å²) in [6.45, 7) is -0.263. The zero-order chi connectivity index (χ0) is 19.8. The molecule has 7 nitrogen and oxygen atoms in total. The second kappa shape index (κ2) is 9.80. The number of carbonyl (C=O) groups excluding carboxylic acids is 2. The van der Waals surface area contributed by atoms with Gasteiger partial charge >= 0.3 is 0 Å². The van der Waals surface area contributed by atoms with Crippen LogP contribution in [0.25, 0.3) is 0 Å². The van der Waals surface area contributed by atoms with Crippen molar-refractivity contribution in [2.24, 2.45) is 5.10 Å². The number of amides is 2. The van der Waals surface area contributed by atoms with Crippen LogP contribution < -0.4 is 20.2 Å². The largest absolute Gasteiger partial charge is 0.493 e. The molecule has 2 rings (SSSR count). The fourth-order valence-corrected chi connectivity index (χ4v) is 2.58. The number of nitrogens with one attached hydrogen (secondary N) is 2. The number of benzene rings is 2. The molecule has 9 heteroatoms. The molecule has 0 fully saturated rings. The van der Waals surface area contributed by atoms with Gasteiger partial charge in [-0.3, -0.25) is 9.59 Å². The minimum Gasteiger partial charge on any atom is -0.493 e. The molecule has 0 saturated heterocycles. The molecule has 0 bridgehead atoms. The third kappa shape index (κ3) is 5.60. The molecule has 0 heterocycles. The normalized spacial score (nSPS) is 10.5. The van der Waals surface area contributed by atoms with Gasteiger partial charge in [0, 0.05) is 11.1 Å². The summed E-state index contributed by atoms with van der Waals surface area (Å²) in [4.78, 5) is 24.0. The predicted octanol–water partition coefficient (Wildman–Crippen LogP) is 2.89. The molecule has 2 aromatic carbocycles. The van der Waals surface area contributed by atoms with Crippen molar-refractivity contribution >= 4 is 41.2 Å². The highest BCUT2D eigenvalue weighted by atomic mass is 35.5. The first-order chi connectivity index (χ1) is 13.0. The van der Waals surface area contributed by atoms with E-state index in [9.17, 15) is 9.59 Å². The summed E-state index contributed by atoms with van der Waals surface area (Å²) < 4.78 is 10.3. The van der Waals surface area contributed by atoms with Crippen LogP contribution in [0.3, 0.4) is 0 Å². The molecule has 0 unspecified atom stereocenters. The Morgan fingerprint density at radius 3 is 2.37 bits per heavy atom. The van der Waals surface area contributed by atoms with E-state index in [1.807, 2.05) is 0 Å². The fourth-order valence-electron chi connectivity index (χ4n) is 2.08. The molecular formula is C18H17Cl2N3O4. The molecular weight excluding hydrogens is 393 g/mol. The smallest absolute Gasteiger partial charge is 0.259 e. The molecule has 0 aliphatic carbocycles. The number of hydrogen-bond acceptors (Lipinski definition) is 5. The predicted molar refractivity (Wildman–Crippen MR) is 104 cm³/mol. The van der Waals surface area contributed by atoms with Gasteiger partial charge in [0.1, 0.15) is 0 Å². The van der Waals surface area contributed by atoms with Crippen LogP contribution in [-0.2, 0) is 4.79 Å². The molecule has 2 aromatic rings. The van der Waals surface area contributed by atoms with Crippen LogP contribution in [0.15, 0.2) is 41.5 Å². The van der Waals surface area contributed by atoms with Gasteiger partial charge in [0.25, 0.3) is 11.8 Å². The van der Waals surface area contributed by atoms with Crippen molar-refractivity contribution < 1.29 is 19.1 Å². The van der Waals surface area contributed by atoms with Crippen LogP contribution in [0.5, 0.6) is 11.5 Å². The van der Waals surface area contributed by atoms with Crippen molar-refractivity contribution in [2.45, 2.75) is 0 Å². The number of halogens is 2. The average molecular weight is 410 g/mol. The van der Waals surface area contributed by atoms with Crippen molar-refractivity contribution in [3.63, 3.8) is 0 Å². The van der Waals surface area contributed by atoms with E-state index in [-0.39, 0.29) is 6.54 Å². The first-order valence-corrected chi connectivity index (χ1v) is 8.48. The third-order valence-corrected chi connectivity index (χ3v) is 4.10. The highest BCUT2D eigenvalue weighted by Gasteiger charge is 2.11. The quantitative estimate of drug-likeness (QED) is 0.543. The molecule has 0 atom stereocenters. The van der Waals surface area contributed by atoms with Gasteiger partial charge in [-0.05, 0) is 30.3 Å². The fraction of sp³-hybridized carbons (Fsp3) is 0.167. The lowest BCUT2D eigenvalue weighted by atomic mass is 10.2. The first-order valence-electron chi connectivity index (χ1n) is 7.72. The van der Waals surface area contributed by atoms with Crippen LogP contribution in [0.1, 0.15) is 15.9 Å². The summed E-state index contributed by atoms with van der Waals surface area (Å²) >= 11 is 12.0. The first kappa shape index (κ1) is 20.5. The molecule has 0 aliphatic rings. The van der Waals surface area contributed by atoms with Crippen LogP contribution in [0, 0.1) is 0 Å². The number of nitrogens with zero attached hydrogens (tertiary/aromatic N) is 1. The van der Waals surface area contributed by atoms with Crippen molar-refractivity contribution in [1.82, 2.24) is 10.7 Å². The van der Waals surface area contributed by atoms with E-state index in [0.29, 0.717) is 32.7 Å². The Balaban J connectivity index is 1.90. The standard InChI is InChI=1S/C18H17Cl2N3O4/c1-26-15-7-6-11(8-16(15)27-2)18(25)21-10-17(24)23-22-9-12-13(19)4-3-5-14(12)20/h3-9H,10H2,1-2H3,(H,21,25)(H,23,24). The maximum Gasteiger partial charge on any atom is 0.259 e. The Hall–Kier alpha value is -2.77. The topological polar surface area (TPSA) is 89.0 Å². The van der Waals surface area contributed by atoms with Crippen LogP contribution in [0.2, 0.25) is 10.0 Å². The van der Waals surface area contributed by atoms with E-state index in [2.05, 4.69) is 15.8 Å². The minimum atomic E-state index is -0.511. The van der Waals surface area contributed by atoms with Gasteiger partial charge in [0.05, 0.1) is 37.0 Å². The highest BCUT2D eigenvalue weighted by molar-refractivity contribution is 6.38. The average Bonchev–Trinajstić information content (AvgIpc) is 2.67. The van der Waals surface area contributed by atoms with Gasteiger partial charge in [-0.1, -0.05) is 29.3 Å². The van der Waals surface area contributed by atoms with E-state index in [4.69, 9.17) is 32.7 Å². The Bertz CT molecular complexity index is 851. The summed E-state index contributed by atoms with van der Waals surface area (Å²) in [5.41, 5.74) is 3.09. The van der Waals surface area contributed by atoms with Crippen LogP contribution >= 0.6 is 23.2 Å². The molecule has 142 valence electrons. The number of ether oxygens (including phenoxy) is 2. The number of methoxy groups -OCH3 is 2. The Morgan fingerprint density at radius 1 is 1.07 bits per heavy atom. The Labute approximate surface area is 166 Å². The Morgan fingerprint density at radius 2 is 1.74 bits per heavy atom. The van der Waals surface area contributed by atoms with E-state index in [1.54, 1.807) is 30.3 Å². The van der Waals surface area contributed by atoms with Crippen molar-refractivity contribution in [3.05, 3.63) is 57.6 Å². The van der Waals surface area contributed by atoms with Gasteiger partial charge in [-0.15, -0.1) is 0 Å². The van der Waals surface area contributed by atoms with Gasteiger partial charge < -0.3 is 14.8 Å². The SMILES string of the molecule is COc1ccc(C(=O)NCC(=O)NN=Cc2c(Cl)cccc2Cl)cc1OC. The van der Waals surface area contributed by atoms with Gasteiger partial charge in [-0.2, -0.15) is 5.10 Å². The van der Waals surface area contributed by atoms with E-state index in [1.165, 1.54) is 26.5 Å². The Kier molecular flexibility index (Phi) is 7.45. The van der Waals surface area contributed by atoms with E-state index in [0.717, 1.165) is 0 Å². The van der Waals surface area contributed by atoms with Crippen LogP contribution in [0.4, 0.5) is 0 Å². The van der Waals surface area contributed by atoms with Gasteiger partial charge in [-0.25, -0.2) is 5.43 Å². The molecule has 2 N–H and O–H groups in total. The zero-order valence-corrected chi connectivity index (χ0v) is 16.1. The van der Waals surface area contributed by atoms with Crippen molar-refractivity contribution in [2.75, 3.05) is 20.8 Å². The summed E-state index contributed by atoms with van der Waals surface area (Å²) in [5, 5.41) is 7.08. The highest BCUT2D eigenvalue weighted by Crippen LogP contribution is 2.27.